The van der Waals surface area contributed by atoms with Gasteiger partial charge in [-0.15, -0.1) is 0 Å². The lowest BCUT2D eigenvalue weighted by Gasteiger charge is -2.15. The molecule has 1 atom stereocenters. The fourth-order valence-electron chi connectivity index (χ4n) is 2.45. The molecule has 0 aliphatic carbocycles. The lowest BCUT2D eigenvalue weighted by atomic mass is 10.0. The molecule has 0 aliphatic heterocycles. The molecular formula is C18H18ClNO3. The molecule has 2 rings (SSSR count). The molecule has 0 aliphatic rings. The van der Waals surface area contributed by atoms with Gasteiger partial charge in [0.05, 0.1) is 0 Å². The molecule has 0 radical (unpaired) electrons. The third kappa shape index (κ3) is 4.83. The van der Waals surface area contributed by atoms with Crippen LogP contribution in [0.15, 0.2) is 42.5 Å². The van der Waals surface area contributed by atoms with Crippen LogP contribution in [0.2, 0.25) is 5.02 Å². The lowest BCUT2D eigenvalue weighted by Crippen LogP contribution is -2.42. The average Bonchev–Trinajstić information content (AvgIpc) is 2.45. The number of carboxylic acids is 1. The van der Waals surface area contributed by atoms with Gasteiger partial charge >= 0.3 is 5.97 Å². The van der Waals surface area contributed by atoms with Gasteiger partial charge in [0.2, 0.25) is 0 Å². The van der Waals surface area contributed by atoms with Crippen LogP contribution >= 0.6 is 11.6 Å². The van der Waals surface area contributed by atoms with Crippen LogP contribution < -0.4 is 5.32 Å². The number of halogens is 1. The first kappa shape index (κ1) is 17.0. The van der Waals surface area contributed by atoms with Gasteiger partial charge in [0.15, 0.2) is 0 Å². The van der Waals surface area contributed by atoms with Gasteiger partial charge in [-0.2, -0.15) is 0 Å². The molecule has 1 amide bonds. The number of carboxylic acid groups (broad SMARTS) is 1. The lowest BCUT2D eigenvalue weighted by molar-refractivity contribution is -0.139. The largest absolute Gasteiger partial charge is 0.480 e. The Morgan fingerprint density at radius 3 is 2.35 bits per heavy atom. The van der Waals surface area contributed by atoms with E-state index in [1.807, 2.05) is 19.9 Å². The number of rotatable bonds is 5. The number of aliphatic carboxylic acids is 1. The third-order valence-electron chi connectivity index (χ3n) is 3.42. The van der Waals surface area contributed by atoms with E-state index in [2.05, 4.69) is 5.32 Å². The van der Waals surface area contributed by atoms with Crippen LogP contribution in [0.25, 0.3) is 0 Å². The Morgan fingerprint density at radius 2 is 1.78 bits per heavy atom. The molecule has 0 aromatic heterocycles. The molecule has 0 saturated carbocycles. The number of amides is 1. The predicted molar refractivity (Wildman–Crippen MR) is 90.0 cm³/mol. The fourth-order valence-corrected chi connectivity index (χ4v) is 2.66. The molecule has 0 spiro atoms. The Balaban J connectivity index is 2.15. The zero-order valence-electron chi connectivity index (χ0n) is 13.0. The van der Waals surface area contributed by atoms with Gasteiger partial charge in [0, 0.05) is 17.0 Å². The Bertz CT molecular complexity index is 723. The van der Waals surface area contributed by atoms with Crippen LogP contribution in [0, 0.1) is 13.8 Å². The highest BCUT2D eigenvalue weighted by atomic mass is 35.5. The van der Waals surface area contributed by atoms with Crippen molar-refractivity contribution in [3.63, 3.8) is 0 Å². The molecule has 2 N–H and O–H groups in total. The molecule has 0 heterocycles. The summed E-state index contributed by atoms with van der Waals surface area (Å²) in [6.07, 6.45) is 0.173. The van der Waals surface area contributed by atoms with E-state index >= 15 is 0 Å². The van der Waals surface area contributed by atoms with Crippen LogP contribution in [0.4, 0.5) is 0 Å². The van der Waals surface area contributed by atoms with E-state index in [4.69, 9.17) is 11.6 Å². The quantitative estimate of drug-likeness (QED) is 0.882. The first-order valence-corrected chi connectivity index (χ1v) is 7.59. The summed E-state index contributed by atoms with van der Waals surface area (Å²) in [6, 6.07) is 11.4. The van der Waals surface area contributed by atoms with Gasteiger partial charge in [0.25, 0.3) is 5.91 Å². The van der Waals surface area contributed by atoms with Crippen LogP contribution in [-0.4, -0.2) is 23.0 Å². The van der Waals surface area contributed by atoms with E-state index in [0.29, 0.717) is 10.6 Å². The van der Waals surface area contributed by atoms with E-state index in [1.54, 1.807) is 36.4 Å². The minimum atomic E-state index is -1.08. The summed E-state index contributed by atoms with van der Waals surface area (Å²) >= 11 is 5.91. The summed E-state index contributed by atoms with van der Waals surface area (Å²) in [5, 5.41) is 12.5. The highest BCUT2D eigenvalue weighted by Crippen LogP contribution is 2.13. The molecule has 2 aromatic carbocycles. The molecule has 2 aromatic rings. The summed E-state index contributed by atoms with van der Waals surface area (Å²) < 4.78 is 0. The molecule has 4 nitrogen and oxygen atoms in total. The molecule has 5 heteroatoms. The average molecular weight is 332 g/mol. The Morgan fingerprint density at radius 1 is 1.13 bits per heavy atom. The maximum Gasteiger partial charge on any atom is 0.326 e. The molecule has 0 unspecified atom stereocenters. The van der Waals surface area contributed by atoms with Crippen molar-refractivity contribution in [1.29, 1.82) is 0 Å². The van der Waals surface area contributed by atoms with E-state index in [1.165, 1.54) is 0 Å². The van der Waals surface area contributed by atoms with Crippen molar-refractivity contribution in [3.05, 3.63) is 69.7 Å². The van der Waals surface area contributed by atoms with Crippen molar-refractivity contribution in [2.24, 2.45) is 0 Å². The number of carbonyl (C=O) groups excluding carboxylic acids is 1. The third-order valence-corrected chi connectivity index (χ3v) is 3.65. The van der Waals surface area contributed by atoms with Crippen LogP contribution in [-0.2, 0) is 11.2 Å². The predicted octanol–water partition coefficient (Wildman–Crippen LogP) is 3.38. The van der Waals surface area contributed by atoms with E-state index < -0.39 is 17.9 Å². The van der Waals surface area contributed by atoms with Gasteiger partial charge in [-0.3, -0.25) is 4.79 Å². The zero-order chi connectivity index (χ0) is 17.0. The second kappa shape index (κ2) is 7.29. The minimum Gasteiger partial charge on any atom is -0.480 e. The summed E-state index contributed by atoms with van der Waals surface area (Å²) in [6.45, 7) is 3.79. The fraction of sp³-hybridized carbons (Fsp3) is 0.222. The van der Waals surface area contributed by atoms with E-state index in [9.17, 15) is 14.7 Å². The number of nitrogens with one attached hydrogen (secondary N) is 1. The number of aryl methyl sites for hydroxylation is 2. The SMILES string of the molecule is Cc1cc(C)cc(C(=O)N[C@H](Cc2cccc(Cl)c2)C(=O)O)c1. The molecule has 0 fully saturated rings. The zero-order valence-corrected chi connectivity index (χ0v) is 13.7. The molecule has 23 heavy (non-hydrogen) atoms. The monoisotopic (exact) mass is 331 g/mol. The standard InChI is InChI=1S/C18H18ClNO3/c1-11-6-12(2)8-14(7-11)17(21)20-16(18(22)23)10-13-4-3-5-15(19)9-13/h3-9,16H,10H2,1-2H3,(H,20,21)(H,22,23)/t16-/m1/s1. The van der Waals surface area contributed by atoms with Gasteiger partial charge in [-0.25, -0.2) is 4.79 Å². The Hall–Kier alpha value is -2.33. The highest BCUT2D eigenvalue weighted by molar-refractivity contribution is 6.30. The maximum atomic E-state index is 12.3. The first-order valence-electron chi connectivity index (χ1n) is 7.21. The van der Waals surface area contributed by atoms with Crippen LogP contribution in [0.5, 0.6) is 0 Å². The molecular weight excluding hydrogens is 314 g/mol. The van der Waals surface area contributed by atoms with Crippen molar-refractivity contribution < 1.29 is 14.7 Å². The summed E-state index contributed by atoms with van der Waals surface area (Å²) in [5.41, 5.74) is 3.12. The number of carbonyl (C=O) groups is 2. The number of hydrogen-bond donors (Lipinski definition) is 2. The summed E-state index contributed by atoms with van der Waals surface area (Å²) in [7, 11) is 0. The van der Waals surface area contributed by atoms with Crippen molar-refractivity contribution in [2.75, 3.05) is 0 Å². The van der Waals surface area contributed by atoms with E-state index in [-0.39, 0.29) is 6.42 Å². The Kier molecular flexibility index (Phi) is 5.40. The Labute approximate surface area is 140 Å². The van der Waals surface area contributed by atoms with Gasteiger partial charge in [-0.1, -0.05) is 40.9 Å². The van der Waals surface area contributed by atoms with Crippen LogP contribution in [0.3, 0.4) is 0 Å². The van der Waals surface area contributed by atoms with Gasteiger partial charge < -0.3 is 10.4 Å². The maximum absolute atomic E-state index is 12.3. The molecule has 0 saturated heterocycles. The highest BCUT2D eigenvalue weighted by Gasteiger charge is 2.21. The molecule has 120 valence electrons. The van der Waals surface area contributed by atoms with E-state index in [0.717, 1.165) is 16.7 Å². The van der Waals surface area contributed by atoms with Crippen molar-refractivity contribution in [1.82, 2.24) is 5.32 Å². The van der Waals surface area contributed by atoms with Gasteiger partial charge in [-0.05, 0) is 43.7 Å². The molecule has 0 bridgehead atoms. The normalized spacial score (nSPS) is 11.8. The minimum absolute atomic E-state index is 0.173. The van der Waals surface area contributed by atoms with Crippen molar-refractivity contribution in [3.8, 4) is 0 Å². The second-order valence-corrected chi connectivity index (χ2v) is 6.01. The number of hydrogen-bond acceptors (Lipinski definition) is 2. The number of benzene rings is 2. The second-order valence-electron chi connectivity index (χ2n) is 5.57. The van der Waals surface area contributed by atoms with Crippen molar-refractivity contribution in [2.45, 2.75) is 26.3 Å². The topological polar surface area (TPSA) is 66.4 Å². The van der Waals surface area contributed by atoms with Crippen LogP contribution in [0.1, 0.15) is 27.0 Å². The van der Waals surface area contributed by atoms with Crippen molar-refractivity contribution >= 4 is 23.5 Å². The van der Waals surface area contributed by atoms with Gasteiger partial charge in [0.1, 0.15) is 6.04 Å². The summed E-state index contributed by atoms with van der Waals surface area (Å²) in [4.78, 5) is 23.8. The summed E-state index contributed by atoms with van der Waals surface area (Å²) in [5.74, 6) is -1.48. The smallest absolute Gasteiger partial charge is 0.326 e. The first-order chi connectivity index (χ1) is 10.8.